The Labute approximate surface area is 100 Å². The van der Waals surface area contributed by atoms with Crippen LogP contribution in [-0.4, -0.2) is 11.9 Å². The summed E-state index contributed by atoms with van der Waals surface area (Å²) in [7, 11) is 0. The van der Waals surface area contributed by atoms with Crippen molar-refractivity contribution in [2.24, 2.45) is 5.73 Å². The lowest BCUT2D eigenvalue weighted by Gasteiger charge is -1.97. The number of carbonyl (C=O) groups excluding carboxylic acids is 2. The van der Waals surface area contributed by atoms with Crippen molar-refractivity contribution in [3.8, 4) is 6.07 Å². The predicted molar refractivity (Wildman–Crippen MR) is 60.6 cm³/mol. The van der Waals surface area contributed by atoms with E-state index >= 15 is 0 Å². The van der Waals surface area contributed by atoms with Crippen molar-refractivity contribution < 1.29 is 9.59 Å². The molecule has 3 amide bonds. The van der Waals surface area contributed by atoms with E-state index in [0.29, 0.717) is 9.21 Å². The Hall–Kier alpha value is -1.84. The average molecular weight is 256 g/mol. The summed E-state index contributed by atoms with van der Waals surface area (Å²) < 4.78 is 0.541. The number of hydrogen-bond acceptors (Lipinski definition) is 4. The number of hydrogen-bond donors (Lipinski definition) is 2. The summed E-state index contributed by atoms with van der Waals surface area (Å²) in [6, 6.07) is 3.96. The van der Waals surface area contributed by atoms with Gasteiger partial charge in [-0.2, -0.15) is 5.26 Å². The van der Waals surface area contributed by atoms with E-state index in [-0.39, 0.29) is 5.57 Å². The highest BCUT2D eigenvalue weighted by molar-refractivity contribution is 7.17. The second kappa shape index (κ2) is 5.30. The summed E-state index contributed by atoms with van der Waals surface area (Å²) in [5.74, 6) is -0.834. The molecule has 0 saturated heterocycles. The van der Waals surface area contributed by atoms with Crippen molar-refractivity contribution in [2.45, 2.75) is 0 Å². The van der Waals surface area contributed by atoms with Gasteiger partial charge in [0.2, 0.25) is 0 Å². The zero-order valence-electron chi connectivity index (χ0n) is 7.86. The standard InChI is InChI=1S/C9H6ClN3O2S/c10-7-2-1-6(16-7)3-5(4-11)8(14)13-9(12)15/h1-3H,(H3,12,13,14,15)/b5-3-. The van der Waals surface area contributed by atoms with Crippen LogP contribution in [0.1, 0.15) is 4.88 Å². The van der Waals surface area contributed by atoms with Crippen LogP contribution in [0.4, 0.5) is 4.79 Å². The lowest BCUT2D eigenvalue weighted by molar-refractivity contribution is -0.115. The van der Waals surface area contributed by atoms with Gasteiger partial charge in [0.25, 0.3) is 5.91 Å². The largest absolute Gasteiger partial charge is 0.351 e. The second-order valence-electron chi connectivity index (χ2n) is 2.63. The van der Waals surface area contributed by atoms with Crippen LogP contribution >= 0.6 is 22.9 Å². The van der Waals surface area contributed by atoms with Crippen molar-refractivity contribution in [1.29, 1.82) is 5.26 Å². The molecule has 0 aliphatic rings. The molecule has 0 aliphatic carbocycles. The van der Waals surface area contributed by atoms with E-state index in [9.17, 15) is 9.59 Å². The minimum atomic E-state index is -1.00. The van der Waals surface area contributed by atoms with Crippen LogP contribution < -0.4 is 11.1 Å². The van der Waals surface area contributed by atoms with Crippen LogP contribution in [0.3, 0.4) is 0 Å². The van der Waals surface area contributed by atoms with E-state index in [0.717, 1.165) is 0 Å². The van der Waals surface area contributed by atoms with Gasteiger partial charge in [-0.15, -0.1) is 11.3 Å². The average Bonchev–Trinajstić information content (AvgIpc) is 2.59. The lowest BCUT2D eigenvalue weighted by Crippen LogP contribution is -2.35. The molecular weight excluding hydrogens is 250 g/mol. The quantitative estimate of drug-likeness (QED) is 0.619. The topological polar surface area (TPSA) is 96.0 Å². The Morgan fingerprint density at radius 1 is 1.56 bits per heavy atom. The minimum absolute atomic E-state index is 0.211. The maximum absolute atomic E-state index is 11.3. The third-order valence-corrected chi connectivity index (χ3v) is 2.66. The molecule has 0 radical (unpaired) electrons. The zero-order chi connectivity index (χ0) is 12.1. The van der Waals surface area contributed by atoms with Crippen molar-refractivity contribution in [2.75, 3.05) is 0 Å². The number of carbonyl (C=O) groups is 2. The Morgan fingerprint density at radius 3 is 2.69 bits per heavy atom. The van der Waals surface area contributed by atoms with Gasteiger partial charge in [0.1, 0.15) is 11.6 Å². The number of nitrogens with zero attached hydrogens (tertiary/aromatic N) is 1. The molecule has 5 nitrogen and oxygen atoms in total. The van der Waals surface area contributed by atoms with E-state index < -0.39 is 11.9 Å². The molecule has 0 aliphatic heterocycles. The van der Waals surface area contributed by atoms with Crippen LogP contribution in [0, 0.1) is 11.3 Å². The number of thiophene rings is 1. The van der Waals surface area contributed by atoms with E-state index in [1.54, 1.807) is 23.5 Å². The number of amides is 3. The zero-order valence-corrected chi connectivity index (χ0v) is 9.43. The molecule has 1 aromatic heterocycles. The van der Waals surface area contributed by atoms with Gasteiger partial charge < -0.3 is 5.73 Å². The van der Waals surface area contributed by atoms with Crippen molar-refractivity contribution in [3.05, 3.63) is 26.9 Å². The molecule has 16 heavy (non-hydrogen) atoms. The molecule has 3 N–H and O–H groups in total. The fourth-order valence-corrected chi connectivity index (χ4v) is 1.88. The van der Waals surface area contributed by atoms with Gasteiger partial charge in [-0.1, -0.05) is 11.6 Å². The first-order chi connectivity index (χ1) is 7.52. The van der Waals surface area contributed by atoms with Crippen LogP contribution in [0.5, 0.6) is 0 Å². The van der Waals surface area contributed by atoms with Gasteiger partial charge in [0.05, 0.1) is 4.34 Å². The molecular formula is C9H6ClN3O2S. The fraction of sp³-hybridized carbons (Fsp3) is 0. The number of nitriles is 1. The first-order valence-corrected chi connectivity index (χ1v) is 5.20. The van der Waals surface area contributed by atoms with E-state index in [4.69, 9.17) is 22.6 Å². The first kappa shape index (κ1) is 12.2. The number of primary amides is 1. The molecule has 0 bridgehead atoms. The third-order valence-electron chi connectivity index (χ3n) is 1.48. The van der Waals surface area contributed by atoms with Gasteiger partial charge >= 0.3 is 6.03 Å². The van der Waals surface area contributed by atoms with Crippen molar-refractivity contribution >= 4 is 41.0 Å². The molecule has 0 spiro atoms. The van der Waals surface area contributed by atoms with Gasteiger partial charge in [-0.3, -0.25) is 10.1 Å². The molecule has 1 aromatic rings. The highest BCUT2D eigenvalue weighted by Gasteiger charge is 2.11. The molecule has 1 heterocycles. The Kier molecular flexibility index (Phi) is 4.05. The maximum atomic E-state index is 11.3. The van der Waals surface area contributed by atoms with Gasteiger partial charge in [0, 0.05) is 4.88 Å². The molecule has 0 saturated carbocycles. The molecule has 82 valence electrons. The molecule has 7 heteroatoms. The number of nitrogens with two attached hydrogens (primary N) is 1. The number of nitrogens with one attached hydrogen (secondary N) is 1. The Balaban J connectivity index is 2.91. The normalized spacial score (nSPS) is 10.6. The van der Waals surface area contributed by atoms with Gasteiger partial charge in [-0.25, -0.2) is 4.79 Å². The third kappa shape index (κ3) is 3.38. The molecule has 0 fully saturated rings. The summed E-state index contributed by atoms with van der Waals surface area (Å²) in [4.78, 5) is 22.3. The predicted octanol–water partition coefficient (Wildman–Crippen LogP) is 1.50. The second-order valence-corrected chi connectivity index (χ2v) is 4.38. The minimum Gasteiger partial charge on any atom is -0.351 e. The van der Waals surface area contributed by atoms with Crippen LogP contribution in [0.25, 0.3) is 6.08 Å². The van der Waals surface area contributed by atoms with E-state index in [2.05, 4.69) is 0 Å². The van der Waals surface area contributed by atoms with Crippen LogP contribution in [-0.2, 0) is 4.79 Å². The van der Waals surface area contributed by atoms with Crippen LogP contribution in [0.15, 0.2) is 17.7 Å². The highest BCUT2D eigenvalue weighted by atomic mass is 35.5. The van der Waals surface area contributed by atoms with Gasteiger partial charge in [0.15, 0.2) is 0 Å². The van der Waals surface area contributed by atoms with Crippen LogP contribution in [0.2, 0.25) is 4.34 Å². The maximum Gasteiger partial charge on any atom is 0.319 e. The SMILES string of the molecule is N#C/C(=C/c1ccc(Cl)s1)C(=O)NC(N)=O. The number of imide groups is 1. The van der Waals surface area contributed by atoms with Gasteiger partial charge in [-0.05, 0) is 18.2 Å². The number of rotatable bonds is 2. The molecule has 0 atom stereocenters. The smallest absolute Gasteiger partial charge is 0.319 e. The van der Waals surface area contributed by atoms with E-state index in [1.807, 2.05) is 0 Å². The highest BCUT2D eigenvalue weighted by Crippen LogP contribution is 2.23. The number of urea groups is 1. The summed E-state index contributed by atoms with van der Waals surface area (Å²) >= 11 is 6.89. The lowest BCUT2D eigenvalue weighted by atomic mass is 10.2. The Bertz CT molecular complexity index is 501. The first-order valence-electron chi connectivity index (χ1n) is 4.01. The number of halogens is 1. The molecule has 1 rings (SSSR count). The molecule has 0 aromatic carbocycles. The fourth-order valence-electron chi connectivity index (χ4n) is 0.876. The van der Waals surface area contributed by atoms with E-state index in [1.165, 1.54) is 17.4 Å². The van der Waals surface area contributed by atoms with Crippen molar-refractivity contribution in [1.82, 2.24) is 5.32 Å². The van der Waals surface area contributed by atoms with Crippen molar-refractivity contribution in [3.63, 3.8) is 0 Å². The summed E-state index contributed by atoms with van der Waals surface area (Å²) in [5.41, 5.74) is 4.55. The summed E-state index contributed by atoms with van der Waals surface area (Å²) in [6.45, 7) is 0. The summed E-state index contributed by atoms with van der Waals surface area (Å²) in [5, 5.41) is 10.5. The summed E-state index contributed by atoms with van der Waals surface area (Å²) in [6.07, 6.45) is 1.33. The molecule has 0 unspecified atom stereocenters. The monoisotopic (exact) mass is 255 g/mol. The Morgan fingerprint density at radius 2 is 2.25 bits per heavy atom.